The van der Waals surface area contributed by atoms with Gasteiger partial charge in [0.05, 0.1) is 18.1 Å². The highest BCUT2D eigenvalue weighted by Crippen LogP contribution is 2.28. The molecule has 0 aromatic heterocycles. The van der Waals surface area contributed by atoms with Gasteiger partial charge in [-0.15, -0.1) is 0 Å². The van der Waals surface area contributed by atoms with E-state index in [2.05, 4.69) is 0 Å². The van der Waals surface area contributed by atoms with Gasteiger partial charge in [0.2, 0.25) is 0 Å². The molecule has 1 aliphatic rings. The Hall–Kier alpha value is -1.63. The van der Waals surface area contributed by atoms with Gasteiger partial charge in [-0.25, -0.2) is 12.8 Å². The van der Waals surface area contributed by atoms with Crippen molar-refractivity contribution in [3.05, 3.63) is 68.4 Å². The summed E-state index contributed by atoms with van der Waals surface area (Å²) in [6.45, 7) is 3.49. The van der Waals surface area contributed by atoms with E-state index in [4.69, 9.17) is 23.2 Å². The Bertz CT molecular complexity index is 996. The molecule has 0 spiro atoms. The van der Waals surface area contributed by atoms with E-state index in [1.165, 1.54) is 17.0 Å². The van der Waals surface area contributed by atoms with Crippen LogP contribution in [0.25, 0.3) is 0 Å². The molecule has 0 bridgehead atoms. The maximum Gasteiger partial charge on any atom is 0.254 e. The third kappa shape index (κ3) is 4.34. The SMILES string of the molecule is Cc1cc(C(=O)N(Cc2c(F)cccc2Cl)[C@H]2CCS(=O)(=O)C2)cc(C)c1Cl. The molecule has 1 saturated heterocycles. The fourth-order valence-corrected chi connectivity index (χ4v) is 5.54. The molecule has 150 valence electrons. The van der Waals surface area contributed by atoms with Crippen LogP contribution >= 0.6 is 23.2 Å². The van der Waals surface area contributed by atoms with Gasteiger partial charge in [0.25, 0.3) is 5.91 Å². The average Bonchev–Trinajstić information content (AvgIpc) is 2.98. The number of hydrogen-bond acceptors (Lipinski definition) is 3. The molecule has 1 amide bonds. The molecule has 1 fully saturated rings. The van der Waals surface area contributed by atoms with Crippen LogP contribution in [0.15, 0.2) is 30.3 Å². The lowest BCUT2D eigenvalue weighted by atomic mass is 10.0. The first-order valence-corrected chi connectivity index (χ1v) is 11.4. The first kappa shape index (κ1) is 21.1. The van der Waals surface area contributed by atoms with Gasteiger partial charge in [0, 0.05) is 27.2 Å². The second-order valence-corrected chi connectivity index (χ2v) is 10.1. The van der Waals surface area contributed by atoms with Crippen LogP contribution in [-0.4, -0.2) is 36.8 Å². The second kappa shape index (κ2) is 8.01. The maximum absolute atomic E-state index is 14.3. The number of sulfone groups is 1. The van der Waals surface area contributed by atoms with Gasteiger partial charge in [-0.2, -0.15) is 0 Å². The van der Waals surface area contributed by atoms with Crippen molar-refractivity contribution >= 4 is 38.9 Å². The smallest absolute Gasteiger partial charge is 0.254 e. The zero-order valence-corrected chi connectivity index (χ0v) is 17.8. The summed E-state index contributed by atoms with van der Waals surface area (Å²) in [4.78, 5) is 14.7. The number of nitrogens with zero attached hydrogens (tertiary/aromatic N) is 1. The van der Waals surface area contributed by atoms with Crippen molar-refractivity contribution in [2.24, 2.45) is 0 Å². The molecule has 4 nitrogen and oxygen atoms in total. The van der Waals surface area contributed by atoms with Crippen LogP contribution in [0.3, 0.4) is 0 Å². The lowest BCUT2D eigenvalue weighted by Crippen LogP contribution is -2.41. The summed E-state index contributed by atoms with van der Waals surface area (Å²) in [5.41, 5.74) is 2.04. The van der Waals surface area contributed by atoms with Crippen LogP contribution in [-0.2, 0) is 16.4 Å². The third-order valence-electron chi connectivity index (χ3n) is 4.98. The van der Waals surface area contributed by atoms with Gasteiger partial charge in [-0.1, -0.05) is 29.3 Å². The summed E-state index contributed by atoms with van der Waals surface area (Å²) in [5, 5.41) is 0.769. The highest BCUT2D eigenvalue weighted by molar-refractivity contribution is 7.91. The monoisotopic (exact) mass is 443 g/mol. The van der Waals surface area contributed by atoms with Crippen LogP contribution in [0.5, 0.6) is 0 Å². The largest absolute Gasteiger partial charge is 0.330 e. The number of rotatable bonds is 4. The Balaban J connectivity index is 2.02. The van der Waals surface area contributed by atoms with Crippen molar-refractivity contribution < 1.29 is 17.6 Å². The fourth-order valence-electron chi connectivity index (χ4n) is 3.48. The molecule has 2 aromatic carbocycles. The Morgan fingerprint density at radius 1 is 1.21 bits per heavy atom. The predicted molar refractivity (Wildman–Crippen MR) is 109 cm³/mol. The number of amides is 1. The summed E-state index contributed by atoms with van der Waals surface area (Å²) in [6.07, 6.45) is 0.311. The van der Waals surface area contributed by atoms with E-state index >= 15 is 0 Å². The average molecular weight is 444 g/mol. The van der Waals surface area contributed by atoms with Crippen molar-refractivity contribution in [2.75, 3.05) is 11.5 Å². The van der Waals surface area contributed by atoms with Gasteiger partial charge >= 0.3 is 0 Å². The van der Waals surface area contributed by atoms with Crippen LogP contribution in [0.2, 0.25) is 10.0 Å². The minimum atomic E-state index is -3.23. The highest BCUT2D eigenvalue weighted by Gasteiger charge is 2.36. The summed E-state index contributed by atoms with van der Waals surface area (Å²) in [5.74, 6) is -1.04. The van der Waals surface area contributed by atoms with E-state index in [0.717, 1.165) is 11.1 Å². The number of carbonyl (C=O) groups is 1. The molecule has 3 rings (SSSR count). The lowest BCUT2D eigenvalue weighted by molar-refractivity contribution is 0.0679. The molecule has 1 atom stereocenters. The molecule has 1 aliphatic heterocycles. The number of benzene rings is 2. The van der Waals surface area contributed by atoms with E-state index in [-0.39, 0.29) is 34.5 Å². The molecule has 0 saturated carbocycles. The highest BCUT2D eigenvalue weighted by atomic mass is 35.5. The summed E-state index contributed by atoms with van der Waals surface area (Å²) in [7, 11) is -3.23. The Morgan fingerprint density at radius 3 is 2.39 bits per heavy atom. The van der Waals surface area contributed by atoms with Crippen molar-refractivity contribution in [1.82, 2.24) is 4.90 Å². The van der Waals surface area contributed by atoms with Crippen molar-refractivity contribution in [2.45, 2.75) is 32.9 Å². The zero-order chi connectivity index (χ0) is 20.6. The zero-order valence-electron chi connectivity index (χ0n) is 15.5. The van der Waals surface area contributed by atoms with E-state index in [9.17, 15) is 17.6 Å². The molecule has 28 heavy (non-hydrogen) atoms. The van der Waals surface area contributed by atoms with E-state index in [1.54, 1.807) is 32.0 Å². The number of carbonyl (C=O) groups excluding carboxylic acids is 1. The van der Waals surface area contributed by atoms with Crippen LogP contribution < -0.4 is 0 Å². The minimum Gasteiger partial charge on any atom is -0.330 e. The molecule has 0 N–H and O–H groups in total. The standard InChI is InChI=1S/C20H20Cl2FNO3S/c1-12-8-14(9-13(2)19(12)22)20(25)24(15-6-7-28(26,27)11-15)10-16-17(21)4-3-5-18(16)23/h3-5,8-9,15H,6-7,10-11H2,1-2H3/t15-/m0/s1. The first-order chi connectivity index (χ1) is 13.1. The molecule has 0 radical (unpaired) electrons. The molecule has 1 heterocycles. The predicted octanol–water partition coefficient (Wildman–Crippen LogP) is 4.58. The Kier molecular flexibility index (Phi) is 6.03. The van der Waals surface area contributed by atoms with E-state index < -0.39 is 21.7 Å². The Labute approximate surface area is 174 Å². The molecule has 0 unspecified atom stereocenters. The fraction of sp³-hybridized carbons (Fsp3) is 0.350. The topological polar surface area (TPSA) is 54.5 Å². The van der Waals surface area contributed by atoms with Gasteiger partial charge in [-0.3, -0.25) is 4.79 Å². The molecular formula is C20H20Cl2FNO3S. The van der Waals surface area contributed by atoms with E-state index in [1.807, 2.05) is 0 Å². The molecule has 2 aromatic rings. The third-order valence-corrected chi connectivity index (χ3v) is 7.68. The van der Waals surface area contributed by atoms with Crippen LogP contribution in [0.1, 0.15) is 33.5 Å². The van der Waals surface area contributed by atoms with Gasteiger partial charge < -0.3 is 4.90 Å². The second-order valence-electron chi connectivity index (χ2n) is 7.11. The minimum absolute atomic E-state index is 0.00508. The van der Waals surface area contributed by atoms with E-state index in [0.29, 0.717) is 17.0 Å². The Morgan fingerprint density at radius 2 is 1.86 bits per heavy atom. The quantitative estimate of drug-likeness (QED) is 0.694. The van der Waals surface area contributed by atoms with Gasteiger partial charge in [0.1, 0.15) is 5.82 Å². The maximum atomic E-state index is 14.3. The number of halogens is 3. The van der Waals surface area contributed by atoms with Crippen LogP contribution in [0.4, 0.5) is 4.39 Å². The molecular weight excluding hydrogens is 424 g/mol. The first-order valence-electron chi connectivity index (χ1n) is 8.80. The van der Waals surface area contributed by atoms with Gasteiger partial charge in [-0.05, 0) is 55.7 Å². The molecule has 0 aliphatic carbocycles. The lowest BCUT2D eigenvalue weighted by Gasteiger charge is -2.29. The molecule has 8 heteroatoms. The summed E-state index contributed by atoms with van der Waals surface area (Å²) >= 11 is 12.3. The van der Waals surface area contributed by atoms with Gasteiger partial charge in [0.15, 0.2) is 9.84 Å². The van der Waals surface area contributed by atoms with Crippen molar-refractivity contribution in [3.63, 3.8) is 0 Å². The normalized spacial score (nSPS) is 18.2. The van der Waals surface area contributed by atoms with Crippen LogP contribution in [0, 0.1) is 19.7 Å². The van der Waals surface area contributed by atoms with Crippen molar-refractivity contribution in [1.29, 1.82) is 0 Å². The van der Waals surface area contributed by atoms with Crippen molar-refractivity contribution in [3.8, 4) is 0 Å². The number of aryl methyl sites for hydroxylation is 2. The number of hydrogen-bond donors (Lipinski definition) is 0. The summed E-state index contributed by atoms with van der Waals surface area (Å²) in [6, 6.07) is 7.09. The summed E-state index contributed by atoms with van der Waals surface area (Å²) < 4.78 is 38.3.